The van der Waals surface area contributed by atoms with Gasteiger partial charge < -0.3 is 5.32 Å². The smallest absolute Gasteiger partial charge is 0.269 e. The number of hydrogen-bond donors (Lipinski definition) is 1. The third-order valence-electron chi connectivity index (χ3n) is 3.09. The van der Waals surface area contributed by atoms with Gasteiger partial charge in [-0.2, -0.15) is 0 Å². The first-order valence-electron chi connectivity index (χ1n) is 6.22. The number of nitrogens with one attached hydrogen (secondary N) is 1. The van der Waals surface area contributed by atoms with Crippen molar-refractivity contribution >= 4 is 5.69 Å². The predicted octanol–water partition coefficient (Wildman–Crippen LogP) is 3.46. The molecule has 1 N–H and O–H groups in total. The van der Waals surface area contributed by atoms with Gasteiger partial charge in [-0.25, -0.2) is 8.78 Å². The van der Waals surface area contributed by atoms with E-state index in [0.717, 1.165) is 18.9 Å². The van der Waals surface area contributed by atoms with Crippen molar-refractivity contribution in [1.82, 2.24) is 5.32 Å². The Bertz CT molecular complexity index is 439. The lowest BCUT2D eigenvalue weighted by Gasteiger charge is -2.17. The van der Waals surface area contributed by atoms with Crippen LogP contribution in [0.1, 0.15) is 37.3 Å². The largest absolute Gasteiger partial charge is 0.317 e. The van der Waals surface area contributed by atoms with Crippen molar-refractivity contribution < 1.29 is 13.7 Å². The van der Waals surface area contributed by atoms with Crippen LogP contribution in [0.4, 0.5) is 14.5 Å². The molecular weight excluding hydrogens is 254 g/mol. The van der Waals surface area contributed by atoms with Gasteiger partial charge in [0.1, 0.15) is 0 Å². The molecule has 1 aromatic carbocycles. The Kier molecular flexibility index (Phi) is 5.82. The van der Waals surface area contributed by atoms with E-state index in [2.05, 4.69) is 5.32 Å². The van der Waals surface area contributed by atoms with Crippen LogP contribution >= 0.6 is 0 Å². The van der Waals surface area contributed by atoms with Gasteiger partial charge in [0, 0.05) is 23.7 Å². The van der Waals surface area contributed by atoms with Crippen molar-refractivity contribution in [3.63, 3.8) is 0 Å². The molecule has 0 amide bonds. The summed E-state index contributed by atoms with van der Waals surface area (Å²) in [7, 11) is 1.79. The number of nitro benzene ring substituents is 1. The summed E-state index contributed by atoms with van der Waals surface area (Å²) >= 11 is 0. The minimum absolute atomic E-state index is 0.101. The number of benzene rings is 1. The summed E-state index contributed by atoms with van der Waals surface area (Å²) < 4.78 is 25.9. The van der Waals surface area contributed by atoms with E-state index in [1.54, 1.807) is 7.05 Å². The Labute approximate surface area is 111 Å². The highest BCUT2D eigenvalue weighted by atomic mass is 19.3. The summed E-state index contributed by atoms with van der Waals surface area (Å²) in [4.78, 5) is 9.96. The molecule has 0 fully saturated rings. The number of nitro groups is 1. The SMILES string of the molecule is CCCC(Cc1ccc([N+](=O)[O-])cc1C(F)F)NC. The molecule has 0 radical (unpaired) electrons. The molecule has 0 saturated carbocycles. The average Bonchev–Trinajstić information content (AvgIpc) is 2.37. The third kappa shape index (κ3) is 4.24. The number of non-ortho nitro benzene ring substituents is 1. The quantitative estimate of drug-likeness (QED) is 0.611. The first-order chi connectivity index (χ1) is 8.99. The first-order valence-corrected chi connectivity index (χ1v) is 6.22. The van der Waals surface area contributed by atoms with E-state index in [1.165, 1.54) is 12.1 Å². The van der Waals surface area contributed by atoms with Gasteiger partial charge in [0.2, 0.25) is 0 Å². The molecule has 1 atom stereocenters. The second kappa shape index (κ2) is 7.13. The molecule has 0 aliphatic carbocycles. The molecule has 1 unspecified atom stereocenters. The van der Waals surface area contributed by atoms with Crippen molar-refractivity contribution in [3.8, 4) is 0 Å². The molecule has 4 nitrogen and oxygen atoms in total. The Morgan fingerprint density at radius 1 is 1.42 bits per heavy atom. The van der Waals surface area contributed by atoms with Crippen LogP contribution in [0.25, 0.3) is 0 Å². The molecule has 6 heteroatoms. The number of hydrogen-bond acceptors (Lipinski definition) is 3. The number of alkyl halides is 2. The predicted molar refractivity (Wildman–Crippen MR) is 69.5 cm³/mol. The third-order valence-corrected chi connectivity index (χ3v) is 3.09. The van der Waals surface area contributed by atoms with Crippen LogP contribution in [0.2, 0.25) is 0 Å². The van der Waals surface area contributed by atoms with Gasteiger partial charge in [0.05, 0.1) is 4.92 Å². The lowest BCUT2D eigenvalue weighted by molar-refractivity contribution is -0.385. The van der Waals surface area contributed by atoms with E-state index in [-0.39, 0.29) is 17.3 Å². The van der Waals surface area contributed by atoms with Gasteiger partial charge in [-0.1, -0.05) is 19.4 Å². The minimum Gasteiger partial charge on any atom is -0.317 e. The molecule has 1 rings (SSSR count). The number of rotatable bonds is 7. The second-order valence-corrected chi connectivity index (χ2v) is 4.42. The van der Waals surface area contributed by atoms with Gasteiger partial charge in [-0.05, 0) is 25.5 Å². The van der Waals surface area contributed by atoms with Gasteiger partial charge >= 0.3 is 0 Å². The fraction of sp³-hybridized carbons (Fsp3) is 0.538. The summed E-state index contributed by atoms with van der Waals surface area (Å²) in [5.74, 6) is 0. The zero-order valence-electron chi connectivity index (χ0n) is 11.0. The lowest BCUT2D eigenvalue weighted by atomic mass is 9.97. The van der Waals surface area contributed by atoms with Crippen LogP contribution < -0.4 is 5.32 Å². The van der Waals surface area contributed by atoms with Crippen molar-refractivity contribution in [2.75, 3.05) is 7.05 Å². The van der Waals surface area contributed by atoms with Crippen LogP contribution in [0.3, 0.4) is 0 Å². The minimum atomic E-state index is -2.70. The molecule has 0 bridgehead atoms. The average molecular weight is 272 g/mol. The van der Waals surface area contributed by atoms with Crippen LogP contribution in [-0.4, -0.2) is 18.0 Å². The van der Waals surface area contributed by atoms with Crippen LogP contribution in [-0.2, 0) is 6.42 Å². The maximum atomic E-state index is 13.0. The molecular formula is C13H18F2N2O2. The number of nitrogens with zero attached hydrogens (tertiary/aromatic N) is 1. The van der Waals surface area contributed by atoms with Crippen LogP contribution in [0, 0.1) is 10.1 Å². The van der Waals surface area contributed by atoms with Crippen molar-refractivity contribution in [2.45, 2.75) is 38.7 Å². The summed E-state index contributed by atoms with van der Waals surface area (Å²) in [6.07, 6.45) is -0.435. The van der Waals surface area contributed by atoms with E-state index >= 15 is 0 Å². The van der Waals surface area contributed by atoms with Gasteiger partial charge in [-0.3, -0.25) is 10.1 Å². The topological polar surface area (TPSA) is 55.2 Å². The van der Waals surface area contributed by atoms with Crippen molar-refractivity contribution in [3.05, 3.63) is 39.4 Å². The van der Waals surface area contributed by atoms with Crippen molar-refractivity contribution in [1.29, 1.82) is 0 Å². The molecule has 0 aliphatic heterocycles. The fourth-order valence-electron chi connectivity index (χ4n) is 2.05. The van der Waals surface area contributed by atoms with Gasteiger partial charge in [0.15, 0.2) is 0 Å². The summed E-state index contributed by atoms with van der Waals surface area (Å²) in [5.41, 5.74) is -0.0745. The number of halogens is 2. The Hall–Kier alpha value is -1.56. The number of likely N-dealkylation sites (N-methyl/N-ethyl adjacent to an activating group) is 1. The monoisotopic (exact) mass is 272 g/mol. The normalized spacial score (nSPS) is 12.7. The molecule has 0 aromatic heterocycles. The van der Waals surface area contributed by atoms with Gasteiger partial charge in [0.25, 0.3) is 12.1 Å². The van der Waals surface area contributed by atoms with E-state index < -0.39 is 11.3 Å². The Morgan fingerprint density at radius 3 is 2.58 bits per heavy atom. The van der Waals surface area contributed by atoms with Gasteiger partial charge in [-0.15, -0.1) is 0 Å². The first kappa shape index (κ1) is 15.5. The highest BCUT2D eigenvalue weighted by Gasteiger charge is 2.19. The van der Waals surface area contributed by atoms with E-state index in [9.17, 15) is 18.9 Å². The standard InChI is InChI=1S/C13H18F2N2O2/c1-3-4-10(16-2)7-9-5-6-11(17(18)19)8-12(9)13(14)15/h5-6,8,10,13,16H,3-4,7H2,1-2H3. The Balaban J connectivity index is 3.02. The molecule has 1 aromatic rings. The van der Waals surface area contributed by atoms with Crippen molar-refractivity contribution in [2.24, 2.45) is 0 Å². The van der Waals surface area contributed by atoms with Crippen LogP contribution in [0.5, 0.6) is 0 Å². The molecule has 106 valence electrons. The Morgan fingerprint density at radius 2 is 2.11 bits per heavy atom. The summed E-state index contributed by atoms with van der Waals surface area (Å²) in [6.45, 7) is 2.02. The molecule has 0 saturated heterocycles. The molecule has 0 heterocycles. The fourth-order valence-corrected chi connectivity index (χ4v) is 2.05. The molecule has 19 heavy (non-hydrogen) atoms. The zero-order chi connectivity index (χ0) is 14.4. The van der Waals surface area contributed by atoms with E-state index in [0.29, 0.717) is 12.0 Å². The van der Waals surface area contributed by atoms with E-state index in [1.807, 2.05) is 6.92 Å². The van der Waals surface area contributed by atoms with E-state index in [4.69, 9.17) is 0 Å². The maximum absolute atomic E-state index is 13.0. The lowest BCUT2D eigenvalue weighted by Crippen LogP contribution is -2.27. The summed E-state index contributed by atoms with van der Waals surface area (Å²) in [5, 5.41) is 13.7. The van der Waals surface area contributed by atoms with Crippen LogP contribution in [0.15, 0.2) is 18.2 Å². The maximum Gasteiger partial charge on any atom is 0.269 e. The highest BCUT2D eigenvalue weighted by molar-refractivity contribution is 5.41. The molecule has 0 aliphatic rings. The second-order valence-electron chi connectivity index (χ2n) is 4.42. The zero-order valence-corrected chi connectivity index (χ0v) is 11.0. The highest BCUT2D eigenvalue weighted by Crippen LogP contribution is 2.28. The summed E-state index contributed by atoms with van der Waals surface area (Å²) in [6, 6.07) is 3.78. The molecule has 0 spiro atoms.